The number of nitriles is 1. The van der Waals surface area contributed by atoms with Gasteiger partial charge in [0.25, 0.3) is 0 Å². The molecule has 1 aliphatic rings. The predicted molar refractivity (Wildman–Crippen MR) is 63.4 cm³/mol. The highest BCUT2D eigenvalue weighted by molar-refractivity contribution is 5.99. The van der Waals surface area contributed by atoms with Crippen molar-refractivity contribution in [2.45, 2.75) is 6.42 Å². The molecular formula is C13H11FN2O3. The summed E-state index contributed by atoms with van der Waals surface area (Å²) in [7, 11) is 0. The molecule has 1 saturated heterocycles. The van der Waals surface area contributed by atoms with E-state index in [1.54, 1.807) is 12.1 Å². The predicted octanol–water partition coefficient (Wildman–Crippen LogP) is 1.25. The third-order valence-corrected chi connectivity index (χ3v) is 2.88. The summed E-state index contributed by atoms with van der Waals surface area (Å²) < 4.78 is 18.3. The van der Waals surface area contributed by atoms with Gasteiger partial charge in [0.1, 0.15) is 11.9 Å². The van der Waals surface area contributed by atoms with Gasteiger partial charge >= 0.3 is 5.97 Å². The summed E-state index contributed by atoms with van der Waals surface area (Å²) in [6, 6.07) is 7.56. The molecule has 19 heavy (non-hydrogen) atoms. The Morgan fingerprint density at radius 2 is 2.26 bits per heavy atom. The van der Waals surface area contributed by atoms with Crippen molar-refractivity contribution >= 4 is 17.6 Å². The minimum Gasteiger partial charge on any atom is -0.450 e. The lowest BCUT2D eigenvalue weighted by molar-refractivity contribution is -0.146. The molecule has 1 fully saturated rings. The first kappa shape index (κ1) is 13.0. The highest BCUT2D eigenvalue weighted by atomic mass is 19.1. The van der Waals surface area contributed by atoms with E-state index in [4.69, 9.17) is 5.26 Å². The van der Waals surface area contributed by atoms with E-state index in [-0.39, 0.29) is 31.2 Å². The van der Waals surface area contributed by atoms with E-state index in [0.717, 1.165) is 0 Å². The second-order valence-electron chi connectivity index (χ2n) is 4.12. The molecule has 6 heteroatoms. The summed E-state index contributed by atoms with van der Waals surface area (Å²) in [5.74, 6) is -2.10. The van der Waals surface area contributed by atoms with E-state index < -0.39 is 17.7 Å². The first-order valence-electron chi connectivity index (χ1n) is 5.72. The fourth-order valence-electron chi connectivity index (χ4n) is 1.99. The van der Waals surface area contributed by atoms with Crippen LogP contribution >= 0.6 is 0 Å². The molecule has 1 amide bonds. The number of halogens is 1. The van der Waals surface area contributed by atoms with Crippen LogP contribution in [-0.2, 0) is 14.3 Å². The molecule has 0 aromatic heterocycles. The largest absolute Gasteiger partial charge is 0.450 e. The number of hydrogen-bond acceptors (Lipinski definition) is 4. The molecule has 98 valence electrons. The van der Waals surface area contributed by atoms with E-state index in [0.29, 0.717) is 0 Å². The van der Waals surface area contributed by atoms with Crippen molar-refractivity contribution in [3.63, 3.8) is 0 Å². The first-order valence-corrected chi connectivity index (χ1v) is 5.72. The number of hydrogen-bond donors (Lipinski definition) is 0. The van der Waals surface area contributed by atoms with Gasteiger partial charge in [-0.05, 0) is 12.1 Å². The average Bonchev–Trinajstić information content (AvgIpc) is 2.78. The van der Waals surface area contributed by atoms with E-state index in [1.807, 2.05) is 0 Å². The van der Waals surface area contributed by atoms with Crippen molar-refractivity contribution in [3.8, 4) is 6.07 Å². The number of ether oxygens (including phenoxy) is 1. The van der Waals surface area contributed by atoms with E-state index in [1.165, 1.54) is 23.1 Å². The number of nitrogens with zero attached hydrogens (tertiary/aromatic N) is 2. The molecule has 0 N–H and O–H groups in total. The summed E-state index contributed by atoms with van der Waals surface area (Å²) in [4.78, 5) is 24.6. The minimum absolute atomic E-state index is 0.0292. The van der Waals surface area contributed by atoms with Gasteiger partial charge in [-0.3, -0.25) is 9.59 Å². The third kappa shape index (κ3) is 2.71. The fourth-order valence-corrected chi connectivity index (χ4v) is 1.99. The standard InChI is InChI=1S/C13H11FN2O3/c14-10-3-1-2-4-11(10)16-8-9(7-12(16)17)13(18)19-6-5-15/h1-4,9H,6-8H2/t9-/m0/s1. The summed E-state index contributed by atoms with van der Waals surface area (Å²) in [5, 5.41) is 8.32. The zero-order valence-corrected chi connectivity index (χ0v) is 10.0. The molecule has 1 atom stereocenters. The second kappa shape index (κ2) is 5.48. The lowest BCUT2D eigenvalue weighted by Gasteiger charge is -2.16. The topological polar surface area (TPSA) is 70.4 Å². The number of carbonyl (C=O) groups is 2. The van der Waals surface area contributed by atoms with Crippen molar-refractivity contribution in [1.82, 2.24) is 0 Å². The molecule has 1 aliphatic heterocycles. The second-order valence-corrected chi connectivity index (χ2v) is 4.12. The van der Waals surface area contributed by atoms with Gasteiger partial charge in [-0.25, -0.2) is 4.39 Å². The zero-order chi connectivity index (χ0) is 13.8. The Hall–Kier alpha value is -2.42. The van der Waals surface area contributed by atoms with Crippen LogP contribution in [-0.4, -0.2) is 25.0 Å². The molecule has 0 bridgehead atoms. The Kier molecular flexibility index (Phi) is 3.76. The highest BCUT2D eigenvalue weighted by Gasteiger charge is 2.37. The molecule has 0 unspecified atom stereocenters. The maximum atomic E-state index is 13.6. The minimum atomic E-state index is -0.652. The maximum absolute atomic E-state index is 13.6. The van der Waals surface area contributed by atoms with Crippen LogP contribution in [0.15, 0.2) is 24.3 Å². The van der Waals surface area contributed by atoms with Gasteiger partial charge in [0.2, 0.25) is 5.91 Å². The molecule has 0 radical (unpaired) electrons. The van der Waals surface area contributed by atoms with Gasteiger partial charge < -0.3 is 9.64 Å². The van der Waals surface area contributed by atoms with Crippen LogP contribution in [0, 0.1) is 23.1 Å². The molecule has 0 aliphatic carbocycles. The molecule has 5 nitrogen and oxygen atoms in total. The molecular weight excluding hydrogens is 251 g/mol. The fraction of sp³-hybridized carbons (Fsp3) is 0.308. The van der Waals surface area contributed by atoms with Crippen molar-refractivity contribution in [2.75, 3.05) is 18.1 Å². The summed E-state index contributed by atoms with van der Waals surface area (Å²) in [6.07, 6.45) is -0.0292. The van der Waals surface area contributed by atoms with Gasteiger partial charge in [-0.2, -0.15) is 5.26 Å². The smallest absolute Gasteiger partial charge is 0.312 e. The molecule has 1 aromatic rings. The van der Waals surface area contributed by atoms with Crippen molar-refractivity contribution in [2.24, 2.45) is 5.92 Å². The normalized spacial score (nSPS) is 18.2. The Labute approximate surface area is 109 Å². The van der Waals surface area contributed by atoms with Gasteiger partial charge in [0.15, 0.2) is 6.61 Å². The monoisotopic (exact) mass is 262 g/mol. The summed E-state index contributed by atoms with van der Waals surface area (Å²) in [5.41, 5.74) is 0.156. The number of esters is 1. The highest BCUT2D eigenvalue weighted by Crippen LogP contribution is 2.27. The van der Waals surface area contributed by atoms with Crippen LogP contribution in [0.1, 0.15) is 6.42 Å². The summed E-state index contributed by atoms with van der Waals surface area (Å²) >= 11 is 0. The SMILES string of the molecule is N#CCOC(=O)[C@H]1CC(=O)N(c2ccccc2F)C1. The van der Waals surface area contributed by atoms with Crippen LogP contribution in [0.4, 0.5) is 10.1 Å². The summed E-state index contributed by atoms with van der Waals surface area (Å²) in [6.45, 7) is -0.271. The lowest BCUT2D eigenvalue weighted by Crippen LogP contribution is -2.27. The third-order valence-electron chi connectivity index (χ3n) is 2.88. The van der Waals surface area contributed by atoms with Crippen molar-refractivity contribution in [1.29, 1.82) is 5.26 Å². The molecule has 1 heterocycles. The Morgan fingerprint density at radius 3 is 2.95 bits per heavy atom. The Morgan fingerprint density at radius 1 is 1.53 bits per heavy atom. The van der Waals surface area contributed by atoms with E-state index in [2.05, 4.69) is 4.74 Å². The Bertz CT molecular complexity index is 553. The number of carbonyl (C=O) groups excluding carboxylic acids is 2. The quantitative estimate of drug-likeness (QED) is 0.768. The number of para-hydroxylation sites is 1. The first-order chi connectivity index (χ1) is 9.13. The molecule has 1 aromatic carbocycles. The molecule has 2 rings (SSSR count). The number of rotatable bonds is 3. The van der Waals surface area contributed by atoms with Crippen LogP contribution in [0.5, 0.6) is 0 Å². The zero-order valence-electron chi connectivity index (χ0n) is 10.0. The van der Waals surface area contributed by atoms with Crippen molar-refractivity contribution < 1.29 is 18.7 Å². The average molecular weight is 262 g/mol. The van der Waals surface area contributed by atoms with Gasteiger partial charge in [0.05, 0.1) is 11.6 Å². The lowest BCUT2D eigenvalue weighted by atomic mass is 10.1. The van der Waals surface area contributed by atoms with Gasteiger partial charge in [-0.1, -0.05) is 12.1 Å². The van der Waals surface area contributed by atoms with Crippen LogP contribution in [0.3, 0.4) is 0 Å². The molecule has 0 saturated carbocycles. The maximum Gasteiger partial charge on any atom is 0.312 e. The molecule has 0 spiro atoms. The Balaban J connectivity index is 2.10. The van der Waals surface area contributed by atoms with Crippen LogP contribution < -0.4 is 4.90 Å². The van der Waals surface area contributed by atoms with Gasteiger partial charge in [-0.15, -0.1) is 0 Å². The van der Waals surface area contributed by atoms with E-state index >= 15 is 0 Å². The van der Waals surface area contributed by atoms with Crippen LogP contribution in [0.2, 0.25) is 0 Å². The number of anilines is 1. The van der Waals surface area contributed by atoms with Gasteiger partial charge in [0, 0.05) is 13.0 Å². The number of benzene rings is 1. The van der Waals surface area contributed by atoms with E-state index in [9.17, 15) is 14.0 Å². The number of amides is 1. The van der Waals surface area contributed by atoms with Crippen molar-refractivity contribution in [3.05, 3.63) is 30.1 Å². The van der Waals surface area contributed by atoms with Crippen LogP contribution in [0.25, 0.3) is 0 Å².